The molecule has 0 aliphatic heterocycles. The minimum absolute atomic E-state index is 0.268. The number of carboxylic acid groups (broad SMARTS) is 2. The number of nitrogens with one attached hydrogen (secondary N) is 1. The van der Waals surface area contributed by atoms with E-state index in [0.717, 1.165) is 28.5 Å². The zero-order valence-electron chi connectivity index (χ0n) is 16.6. The highest BCUT2D eigenvalue weighted by molar-refractivity contribution is 6.27. The lowest BCUT2D eigenvalue weighted by molar-refractivity contribution is -0.159. The number of benzene rings is 2. The molecule has 0 radical (unpaired) electrons. The molecule has 3 aromatic rings. The van der Waals surface area contributed by atoms with Gasteiger partial charge < -0.3 is 29.9 Å². The Balaban J connectivity index is 0.000000469. The molecule has 0 fully saturated rings. The molecule has 0 amide bonds. The molecule has 0 unspecified atom stereocenters. The summed E-state index contributed by atoms with van der Waals surface area (Å²) in [5.74, 6) is -1.73. The number of imidazole rings is 1. The normalized spacial score (nSPS) is 9.93. The van der Waals surface area contributed by atoms with Crippen molar-refractivity contribution in [1.82, 2.24) is 9.55 Å². The van der Waals surface area contributed by atoms with Gasteiger partial charge in [0, 0.05) is 19.2 Å². The summed E-state index contributed by atoms with van der Waals surface area (Å²) in [5, 5.41) is 27.6. The molecule has 0 bridgehead atoms. The minimum Gasteiger partial charge on any atom is -0.508 e. The highest BCUT2D eigenvalue weighted by atomic mass is 16.5. The van der Waals surface area contributed by atoms with E-state index < -0.39 is 11.9 Å². The first-order valence-electron chi connectivity index (χ1n) is 9.04. The monoisotopic (exact) mass is 413 g/mol. The Labute approximate surface area is 173 Å². The van der Waals surface area contributed by atoms with E-state index in [4.69, 9.17) is 24.5 Å². The predicted molar refractivity (Wildman–Crippen MR) is 111 cm³/mol. The number of aromatic nitrogens is 2. The number of hydrogen-bond donors (Lipinski definition) is 4. The Hall–Kier alpha value is -4.01. The van der Waals surface area contributed by atoms with Crippen molar-refractivity contribution in [1.29, 1.82) is 0 Å². The Morgan fingerprint density at radius 1 is 1.10 bits per heavy atom. The van der Waals surface area contributed by atoms with Gasteiger partial charge in [-0.15, -0.1) is 0 Å². The highest BCUT2D eigenvalue weighted by Crippen LogP contribution is 2.24. The summed E-state index contributed by atoms with van der Waals surface area (Å²) in [5.41, 5.74) is 3.11. The lowest BCUT2D eigenvalue weighted by Crippen LogP contribution is -2.09. The van der Waals surface area contributed by atoms with Crippen molar-refractivity contribution < 1.29 is 29.6 Å². The van der Waals surface area contributed by atoms with Gasteiger partial charge in [0.1, 0.15) is 11.5 Å². The van der Waals surface area contributed by atoms with E-state index in [1.54, 1.807) is 12.1 Å². The van der Waals surface area contributed by atoms with Crippen LogP contribution < -0.4 is 10.1 Å². The highest BCUT2D eigenvalue weighted by Gasteiger charge is 2.09. The largest absolute Gasteiger partial charge is 0.508 e. The van der Waals surface area contributed by atoms with Gasteiger partial charge in [-0.05, 0) is 48.9 Å². The molecule has 0 aliphatic rings. The zero-order valence-corrected chi connectivity index (χ0v) is 16.6. The molecule has 3 rings (SSSR count). The van der Waals surface area contributed by atoms with Crippen LogP contribution in [-0.4, -0.2) is 43.4 Å². The number of rotatable bonds is 6. The second-order valence-corrected chi connectivity index (χ2v) is 6.12. The number of carboxylic acids is 2. The van der Waals surface area contributed by atoms with E-state index in [0.29, 0.717) is 13.2 Å². The van der Waals surface area contributed by atoms with Crippen LogP contribution in [0.25, 0.3) is 11.3 Å². The van der Waals surface area contributed by atoms with Crippen LogP contribution in [0, 0.1) is 0 Å². The first-order chi connectivity index (χ1) is 14.3. The van der Waals surface area contributed by atoms with Gasteiger partial charge in [-0.25, -0.2) is 14.6 Å². The minimum atomic E-state index is -1.82. The van der Waals surface area contributed by atoms with Crippen molar-refractivity contribution in [3.63, 3.8) is 0 Å². The number of ether oxygens (including phenoxy) is 1. The summed E-state index contributed by atoms with van der Waals surface area (Å²) in [4.78, 5) is 22.6. The number of carbonyl (C=O) groups is 2. The van der Waals surface area contributed by atoms with Crippen molar-refractivity contribution in [2.75, 3.05) is 11.9 Å². The number of nitrogens with zero attached hydrogens (tertiary/aromatic N) is 2. The van der Waals surface area contributed by atoms with Gasteiger partial charge in [-0.1, -0.05) is 12.1 Å². The lowest BCUT2D eigenvalue weighted by Gasteiger charge is -2.09. The van der Waals surface area contributed by atoms with Crippen LogP contribution >= 0.6 is 0 Å². The first kappa shape index (κ1) is 22.3. The average Bonchev–Trinajstić information content (AvgIpc) is 3.08. The zero-order chi connectivity index (χ0) is 22.1. The number of anilines is 1. The van der Waals surface area contributed by atoms with Crippen LogP contribution in [0.3, 0.4) is 0 Å². The number of phenols is 1. The molecule has 0 spiro atoms. The van der Waals surface area contributed by atoms with Crippen LogP contribution in [0.2, 0.25) is 0 Å². The lowest BCUT2D eigenvalue weighted by atomic mass is 10.1. The van der Waals surface area contributed by atoms with Crippen molar-refractivity contribution in [2.45, 2.75) is 13.5 Å². The smallest absolute Gasteiger partial charge is 0.414 e. The van der Waals surface area contributed by atoms with Crippen molar-refractivity contribution in [3.05, 3.63) is 60.3 Å². The molecule has 4 N–H and O–H groups in total. The third-order valence-corrected chi connectivity index (χ3v) is 3.99. The Morgan fingerprint density at radius 2 is 1.77 bits per heavy atom. The number of hydrogen-bond acceptors (Lipinski definition) is 6. The van der Waals surface area contributed by atoms with Crippen LogP contribution in [0.1, 0.15) is 12.5 Å². The summed E-state index contributed by atoms with van der Waals surface area (Å²) in [6.07, 6.45) is 1.85. The summed E-state index contributed by atoms with van der Waals surface area (Å²) >= 11 is 0. The second kappa shape index (κ2) is 10.5. The second-order valence-electron chi connectivity index (χ2n) is 6.12. The van der Waals surface area contributed by atoms with Gasteiger partial charge >= 0.3 is 11.9 Å². The van der Waals surface area contributed by atoms with E-state index in [9.17, 15) is 5.11 Å². The third-order valence-electron chi connectivity index (χ3n) is 3.99. The van der Waals surface area contributed by atoms with Gasteiger partial charge in [-0.3, -0.25) is 0 Å². The van der Waals surface area contributed by atoms with Crippen molar-refractivity contribution in [2.24, 2.45) is 7.05 Å². The molecule has 1 aromatic heterocycles. The van der Waals surface area contributed by atoms with Crippen molar-refractivity contribution >= 4 is 17.9 Å². The molecule has 0 saturated heterocycles. The Bertz CT molecular complexity index is 986. The Morgan fingerprint density at radius 3 is 2.33 bits per heavy atom. The molecule has 2 aromatic carbocycles. The van der Waals surface area contributed by atoms with Crippen LogP contribution in [0.4, 0.5) is 5.95 Å². The Kier molecular flexibility index (Phi) is 7.81. The summed E-state index contributed by atoms with van der Waals surface area (Å²) in [7, 11) is 1.98. The van der Waals surface area contributed by atoms with Gasteiger partial charge in [0.25, 0.3) is 0 Å². The number of phenolic OH excluding ortho intramolecular Hbond substituents is 1. The molecule has 0 atom stereocenters. The third kappa shape index (κ3) is 6.26. The topological polar surface area (TPSA) is 134 Å². The van der Waals surface area contributed by atoms with Crippen LogP contribution in [0.5, 0.6) is 11.5 Å². The van der Waals surface area contributed by atoms with Gasteiger partial charge in [0.2, 0.25) is 5.95 Å². The fourth-order valence-electron chi connectivity index (χ4n) is 2.58. The van der Waals surface area contributed by atoms with E-state index in [1.807, 2.05) is 61.1 Å². The molecule has 0 aliphatic carbocycles. The van der Waals surface area contributed by atoms with E-state index in [-0.39, 0.29) is 5.75 Å². The predicted octanol–water partition coefficient (Wildman–Crippen LogP) is 2.96. The summed E-state index contributed by atoms with van der Waals surface area (Å²) in [6.45, 7) is 3.23. The molecule has 30 heavy (non-hydrogen) atoms. The molecule has 1 heterocycles. The fourth-order valence-corrected chi connectivity index (χ4v) is 2.58. The summed E-state index contributed by atoms with van der Waals surface area (Å²) in [6, 6.07) is 15.2. The number of aliphatic carboxylic acids is 2. The van der Waals surface area contributed by atoms with E-state index >= 15 is 0 Å². The first-order valence-corrected chi connectivity index (χ1v) is 9.04. The van der Waals surface area contributed by atoms with E-state index in [1.165, 1.54) is 0 Å². The van der Waals surface area contributed by atoms with E-state index in [2.05, 4.69) is 10.3 Å². The summed E-state index contributed by atoms with van der Waals surface area (Å²) < 4.78 is 7.49. The maximum atomic E-state index is 9.52. The molecule has 9 heteroatoms. The standard InChI is InChI=1S/C19H21N3O2.C2H2O4/c1-3-24-17-9-7-15(8-10-17)18-13-21-19(22(18)2)20-12-14-5-4-6-16(23)11-14;3-1(4)2(5)6/h4-11,13,23H,3,12H2,1-2H3,(H,20,21);(H,3,4)(H,5,6). The van der Waals surface area contributed by atoms with Crippen LogP contribution in [0.15, 0.2) is 54.7 Å². The molecule has 158 valence electrons. The molecule has 0 saturated carbocycles. The van der Waals surface area contributed by atoms with Gasteiger partial charge in [-0.2, -0.15) is 0 Å². The maximum Gasteiger partial charge on any atom is 0.414 e. The average molecular weight is 413 g/mol. The molecule has 9 nitrogen and oxygen atoms in total. The van der Waals surface area contributed by atoms with Crippen molar-refractivity contribution in [3.8, 4) is 22.8 Å². The van der Waals surface area contributed by atoms with Gasteiger partial charge in [0.05, 0.1) is 18.5 Å². The van der Waals surface area contributed by atoms with Gasteiger partial charge in [0.15, 0.2) is 0 Å². The quantitative estimate of drug-likeness (QED) is 0.453. The fraction of sp³-hybridized carbons (Fsp3) is 0.190. The molecular formula is C21H23N3O6. The molecular weight excluding hydrogens is 390 g/mol. The number of aromatic hydroxyl groups is 1. The SMILES string of the molecule is CCOc1ccc(-c2cnc(NCc3cccc(O)c3)n2C)cc1.O=C(O)C(=O)O. The van der Waals surface area contributed by atoms with Crippen LogP contribution in [-0.2, 0) is 23.2 Å². The maximum absolute atomic E-state index is 9.52.